The third kappa shape index (κ3) is 3.68. The molecule has 3 rings (SSSR count). The number of nitrogens with one attached hydrogen (secondary N) is 2. The molecule has 0 unspecified atom stereocenters. The second-order valence-corrected chi connectivity index (χ2v) is 7.28. The minimum atomic E-state index is -3.74. The normalized spacial score (nSPS) is 14.0. The van der Waals surface area contributed by atoms with E-state index >= 15 is 0 Å². The number of anilines is 2. The summed E-state index contributed by atoms with van der Waals surface area (Å²) in [4.78, 5) is 11.8. The van der Waals surface area contributed by atoms with Crippen molar-refractivity contribution in [1.82, 2.24) is 0 Å². The Morgan fingerprint density at radius 1 is 1.08 bits per heavy atom. The fourth-order valence-corrected chi connectivity index (χ4v) is 3.31. The van der Waals surface area contributed by atoms with E-state index in [-0.39, 0.29) is 16.7 Å². The molecule has 1 aliphatic carbocycles. The number of carbonyl (C=O) groups excluding carboxylic acids is 1. The van der Waals surface area contributed by atoms with Crippen molar-refractivity contribution in [3.63, 3.8) is 0 Å². The van der Waals surface area contributed by atoms with Gasteiger partial charge in [-0.25, -0.2) is 8.42 Å². The predicted molar refractivity (Wildman–Crippen MR) is 91.6 cm³/mol. The van der Waals surface area contributed by atoms with Crippen molar-refractivity contribution in [2.45, 2.75) is 17.7 Å². The van der Waals surface area contributed by atoms with E-state index in [1.807, 2.05) is 0 Å². The van der Waals surface area contributed by atoms with Crippen molar-refractivity contribution < 1.29 is 17.9 Å². The Balaban J connectivity index is 1.75. The molecular formula is C17H18N2O4S. The number of ether oxygens (including phenoxy) is 1. The van der Waals surface area contributed by atoms with Crippen molar-refractivity contribution in [3.05, 3.63) is 48.5 Å². The number of amides is 1. The van der Waals surface area contributed by atoms with Crippen LogP contribution in [-0.2, 0) is 14.8 Å². The quantitative estimate of drug-likeness (QED) is 0.842. The lowest BCUT2D eigenvalue weighted by molar-refractivity contribution is -0.117. The molecule has 0 spiro atoms. The Hall–Kier alpha value is -2.54. The van der Waals surface area contributed by atoms with Crippen LogP contribution in [0.4, 0.5) is 11.4 Å². The van der Waals surface area contributed by atoms with Gasteiger partial charge in [0.2, 0.25) is 5.91 Å². The molecule has 7 heteroatoms. The molecule has 24 heavy (non-hydrogen) atoms. The average Bonchev–Trinajstić information content (AvgIpc) is 3.40. The molecule has 0 atom stereocenters. The van der Waals surface area contributed by atoms with E-state index in [9.17, 15) is 13.2 Å². The average molecular weight is 346 g/mol. The van der Waals surface area contributed by atoms with Crippen molar-refractivity contribution >= 4 is 27.3 Å². The molecule has 0 heterocycles. The first-order valence-corrected chi connectivity index (χ1v) is 9.05. The van der Waals surface area contributed by atoms with Gasteiger partial charge in [0, 0.05) is 11.6 Å². The van der Waals surface area contributed by atoms with Gasteiger partial charge in [0.05, 0.1) is 17.7 Å². The van der Waals surface area contributed by atoms with Crippen LogP contribution >= 0.6 is 0 Å². The lowest BCUT2D eigenvalue weighted by Gasteiger charge is -2.12. The van der Waals surface area contributed by atoms with Crippen LogP contribution < -0.4 is 14.8 Å². The lowest BCUT2D eigenvalue weighted by atomic mass is 10.3. The van der Waals surface area contributed by atoms with E-state index < -0.39 is 10.0 Å². The molecular weight excluding hydrogens is 328 g/mol. The van der Waals surface area contributed by atoms with Crippen molar-refractivity contribution in [1.29, 1.82) is 0 Å². The van der Waals surface area contributed by atoms with Crippen LogP contribution in [0.1, 0.15) is 12.8 Å². The molecule has 0 saturated heterocycles. The number of para-hydroxylation sites is 2. The summed E-state index contributed by atoms with van der Waals surface area (Å²) in [6, 6.07) is 12.9. The maximum absolute atomic E-state index is 12.5. The Morgan fingerprint density at radius 2 is 1.75 bits per heavy atom. The van der Waals surface area contributed by atoms with Crippen molar-refractivity contribution in [2.24, 2.45) is 5.92 Å². The lowest BCUT2D eigenvalue weighted by Crippen LogP contribution is -2.15. The predicted octanol–water partition coefficient (Wildman–Crippen LogP) is 2.84. The third-order valence-electron chi connectivity index (χ3n) is 3.73. The Kier molecular flexibility index (Phi) is 4.44. The van der Waals surface area contributed by atoms with Crippen LogP contribution in [0.2, 0.25) is 0 Å². The first-order valence-electron chi connectivity index (χ1n) is 7.56. The van der Waals surface area contributed by atoms with Gasteiger partial charge in [-0.2, -0.15) is 0 Å². The number of rotatable bonds is 6. The molecule has 1 fully saturated rings. The highest BCUT2D eigenvalue weighted by Gasteiger charge is 2.29. The van der Waals surface area contributed by atoms with Gasteiger partial charge in [0.1, 0.15) is 5.75 Å². The largest absolute Gasteiger partial charge is 0.495 e. The molecule has 2 aromatic rings. The van der Waals surface area contributed by atoms with Crippen LogP contribution in [-0.4, -0.2) is 21.4 Å². The highest BCUT2D eigenvalue weighted by atomic mass is 32.2. The van der Waals surface area contributed by atoms with Gasteiger partial charge in [-0.05, 0) is 49.2 Å². The van der Waals surface area contributed by atoms with Crippen molar-refractivity contribution in [2.75, 3.05) is 17.1 Å². The summed E-state index contributed by atoms with van der Waals surface area (Å²) in [7, 11) is -2.26. The maximum Gasteiger partial charge on any atom is 0.262 e. The molecule has 126 valence electrons. The van der Waals surface area contributed by atoms with Gasteiger partial charge in [0.15, 0.2) is 0 Å². The SMILES string of the molecule is COc1ccccc1NS(=O)(=O)c1ccc(NC(=O)C2CC2)cc1. The van der Waals surface area contributed by atoms with Gasteiger partial charge in [-0.3, -0.25) is 9.52 Å². The number of benzene rings is 2. The summed E-state index contributed by atoms with van der Waals surface area (Å²) >= 11 is 0. The Morgan fingerprint density at radius 3 is 2.38 bits per heavy atom. The number of methoxy groups -OCH3 is 1. The summed E-state index contributed by atoms with van der Waals surface area (Å²) in [6.07, 6.45) is 1.84. The molecule has 2 N–H and O–H groups in total. The minimum absolute atomic E-state index is 0.0160. The first-order chi connectivity index (χ1) is 11.5. The molecule has 6 nitrogen and oxygen atoms in total. The van der Waals surface area contributed by atoms with Crippen LogP contribution in [0, 0.1) is 5.92 Å². The monoisotopic (exact) mass is 346 g/mol. The number of carbonyl (C=O) groups is 1. The van der Waals surface area contributed by atoms with E-state index in [4.69, 9.17) is 4.74 Å². The fraction of sp³-hybridized carbons (Fsp3) is 0.235. The summed E-state index contributed by atoms with van der Waals surface area (Å²) in [5, 5.41) is 2.78. The molecule has 0 radical (unpaired) electrons. The summed E-state index contributed by atoms with van der Waals surface area (Å²) in [6.45, 7) is 0. The highest BCUT2D eigenvalue weighted by molar-refractivity contribution is 7.92. The minimum Gasteiger partial charge on any atom is -0.495 e. The molecule has 0 aliphatic heterocycles. The van der Waals surface area contributed by atoms with E-state index in [0.29, 0.717) is 17.1 Å². The van der Waals surface area contributed by atoms with E-state index in [0.717, 1.165) is 12.8 Å². The first kappa shape index (κ1) is 16.3. The third-order valence-corrected chi connectivity index (χ3v) is 5.11. The molecule has 1 amide bonds. The highest BCUT2D eigenvalue weighted by Crippen LogP contribution is 2.30. The van der Waals surface area contributed by atoms with Gasteiger partial charge in [-0.1, -0.05) is 12.1 Å². The van der Waals surface area contributed by atoms with Gasteiger partial charge in [0.25, 0.3) is 10.0 Å². The second kappa shape index (κ2) is 6.52. The molecule has 1 saturated carbocycles. The van der Waals surface area contributed by atoms with Crippen LogP contribution in [0.25, 0.3) is 0 Å². The fourth-order valence-electron chi connectivity index (χ4n) is 2.24. The molecule has 0 aromatic heterocycles. The van der Waals surface area contributed by atoms with E-state index in [2.05, 4.69) is 10.0 Å². The zero-order valence-electron chi connectivity index (χ0n) is 13.2. The topological polar surface area (TPSA) is 84.5 Å². The van der Waals surface area contributed by atoms with Gasteiger partial charge >= 0.3 is 0 Å². The van der Waals surface area contributed by atoms with Gasteiger partial charge in [-0.15, -0.1) is 0 Å². The maximum atomic E-state index is 12.5. The molecule has 1 aliphatic rings. The summed E-state index contributed by atoms with van der Waals surface area (Å²) in [5.41, 5.74) is 0.953. The number of hydrogen-bond acceptors (Lipinski definition) is 4. The Labute approximate surface area is 140 Å². The molecule has 0 bridgehead atoms. The summed E-state index contributed by atoms with van der Waals surface area (Å²) in [5.74, 6) is 0.521. The van der Waals surface area contributed by atoms with E-state index in [1.54, 1.807) is 36.4 Å². The molecule has 2 aromatic carbocycles. The number of sulfonamides is 1. The standard InChI is InChI=1S/C17H18N2O4S/c1-23-16-5-3-2-4-15(16)19-24(21,22)14-10-8-13(9-11-14)18-17(20)12-6-7-12/h2-5,8-12,19H,6-7H2,1H3,(H,18,20). The van der Waals surface area contributed by atoms with Gasteiger partial charge < -0.3 is 10.1 Å². The van der Waals surface area contributed by atoms with Crippen LogP contribution in [0.15, 0.2) is 53.4 Å². The summed E-state index contributed by atoms with van der Waals surface area (Å²) < 4.78 is 32.6. The van der Waals surface area contributed by atoms with Crippen LogP contribution in [0.5, 0.6) is 5.75 Å². The second-order valence-electron chi connectivity index (χ2n) is 5.59. The zero-order valence-corrected chi connectivity index (χ0v) is 14.0. The zero-order chi connectivity index (χ0) is 17.2. The Bertz CT molecular complexity index is 843. The number of hydrogen-bond donors (Lipinski definition) is 2. The smallest absolute Gasteiger partial charge is 0.262 e. The van der Waals surface area contributed by atoms with Crippen molar-refractivity contribution in [3.8, 4) is 5.75 Å². The van der Waals surface area contributed by atoms with Crippen LogP contribution in [0.3, 0.4) is 0 Å². The van der Waals surface area contributed by atoms with E-state index in [1.165, 1.54) is 19.2 Å².